The third-order valence-corrected chi connectivity index (χ3v) is 3.89. The zero-order valence-electron chi connectivity index (χ0n) is 11.4. The van der Waals surface area contributed by atoms with Crippen molar-refractivity contribution in [1.29, 1.82) is 0 Å². The predicted octanol–water partition coefficient (Wildman–Crippen LogP) is 1.69. The van der Waals surface area contributed by atoms with E-state index in [4.69, 9.17) is 4.74 Å². The minimum Gasteiger partial charge on any atom is -0.495 e. The van der Waals surface area contributed by atoms with Gasteiger partial charge in [0.05, 0.1) is 12.8 Å². The van der Waals surface area contributed by atoms with Gasteiger partial charge in [-0.3, -0.25) is 9.59 Å². The number of rotatable bonds is 5. The highest BCUT2D eigenvalue weighted by Crippen LogP contribution is 2.47. The first-order chi connectivity index (χ1) is 9.65. The predicted molar refractivity (Wildman–Crippen MR) is 74.5 cm³/mol. The number of hydrogen-bond acceptors (Lipinski definition) is 3. The first kappa shape index (κ1) is 13.0. The molecule has 2 fully saturated rings. The third-order valence-electron chi connectivity index (χ3n) is 3.89. The molecule has 0 atom stereocenters. The Hall–Kier alpha value is -2.04. The SMILES string of the molecule is COc1ccccc1NC(=O)C1(C(=O)NC2CC2)CC1. The summed E-state index contributed by atoms with van der Waals surface area (Å²) in [6.07, 6.45) is 3.28. The minimum absolute atomic E-state index is 0.132. The van der Waals surface area contributed by atoms with Gasteiger partial charge in [0.15, 0.2) is 0 Å². The summed E-state index contributed by atoms with van der Waals surface area (Å²) in [5, 5.41) is 5.73. The molecule has 106 valence electrons. The Labute approximate surface area is 117 Å². The fraction of sp³-hybridized carbons (Fsp3) is 0.467. The zero-order valence-corrected chi connectivity index (χ0v) is 11.4. The average Bonchev–Trinajstić information content (AvgIpc) is 3.33. The first-order valence-corrected chi connectivity index (χ1v) is 6.91. The van der Waals surface area contributed by atoms with Crippen LogP contribution in [0.3, 0.4) is 0 Å². The van der Waals surface area contributed by atoms with Crippen molar-refractivity contribution >= 4 is 17.5 Å². The van der Waals surface area contributed by atoms with Crippen LogP contribution in [0.15, 0.2) is 24.3 Å². The smallest absolute Gasteiger partial charge is 0.240 e. The molecule has 3 rings (SSSR count). The number of hydrogen-bond donors (Lipinski definition) is 2. The molecule has 0 bridgehead atoms. The first-order valence-electron chi connectivity index (χ1n) is 6.91. The molecule has 0 aromatic heterocycles. The molecular weight excluding hydrogens is 256 g/mol. The van der Waals surface area contributed by atoms with Crippen LogP contribution in [-0.4, -0.2) is 25.0 Å². The molecule has 0 radical (unpaired) electrons. The maximum Gasteiger partial charge on any atom is 0.240 e. The molecule has 0 aliphatic heterocycles. The second-order valence-corrected chi connectivity index (χ2v) is 5.48. The number of ether oxygens (including phenoxy) is 1. The van der Waals surface area contributed by atoms with Crippen LogP contribution >= 0.6 is 0 Å². The van der Waals surface area contributed by atoms with E-state index < -0.39 is 5.41 Å². The molecule has 2 amide bonds. The van der Waals surface area contributed by atoms with Crippen molar-refractivity contribution in [3.63, 3.8) is 0 Å². The number of methoxy groups -OCH3 is 1. The van der Waals surface area contributed by atoms with Crippen LogP contribution in [0.4, 0.5) is 5.69 Å². The number of carbonyl (C=O) groups is 2. The van der Waals surface area contributed by atoms with Crippen molar-refractivity contribution in [1.82, 2.24) is 5.32 Å². The Bertz CT molecular complexity index is 548. The van der Waals surface area contributed by atoms with Gasteiger partial charge in [-0.05, 0) is 37.8 Å². The van der Waals surface area contributed by atoms with Crippen LogP contribution in [0.1, 0.15) is 25.7 Å². The summed E-state index contributed by atoms with van der Waals surface area (Å²) in [6.45, 7) is 0. The van der Waals surface area contributed by atoms with Crippen LogP contribution in [0.2, 0.25) is 0 Å². The maximum absolute atomic E-state index is 12.4. The van der Waals surface area contributed by atoms with Gasteiger partial charge in [-0.15, -0.1) is 0 Å². The van der Waals surface area contributed by atoms with Crippen molar-refractivity contribution in [3.8, 4) is 5.75 Å². The molecule has 2 aliphatic rings. The normalized spacial score (nSPS) is 19.1. The minimum atomic E-state index is -0.872. The molecule has 5 heteroatoms. The quantitative estimate of drug-likeness (QED) is 0.803. The number of anilines is 1. The highest BCUT2D eigenvalue weighted by atomic mass is 16.5. The molecule has 0 unspecified atom stereocenters. The molecule has 2 N–H and O–H groups in total. The number of benzene rings is 1. The van der Waals surface area contributed by atoms with Crippen LogP contribution in [0, 0.1) is 5.41 Å². The van der Waals surface area contributed by atoms with Gasteiger partial charge >= 0.3 is 0 Å². The summed E-state index contributed by atoms with van der Waals surface area (Å²) in [6, 6.07) is 7.48. The second-order valence-electron chi connectivity index (χ2n) is 5.48. The molecule has 0 heterocycles. The molecular formula is C15H18N2O3. The van der Waals surface area contributed by atoms with Crippen LogP contribution in [0.25, 0.3) is 0 Å². The van der Waals surface area contributed by atoms with Crippen molar-refractivity contribution < 1.29 is 14.3 Å². The van der Waals surface area contributed by atoms with Gasteiger partial charge in [0.1, 0.15) is 11.2 Å². The lowest BCUT2D eigenvalue weighted by Gasteiger charge is -2.16. The Kier molecular flexibility index (Phi) is 3.12. The molecule has 0 spiro atoms. The summed E-state index contributed by atoms with van der Waals surface area (Å²) in [4.78, 5) is 24.5. The highest BCUT2D eigenvalue weighted by Gasteiger charge is 2.57. The fourth-order valence-electron chi connectivity index (χ4n) is 2.22. The highest BCUT2D eigenvalue weighted by molar-refractivity contribution is 6.13. The lowest BCUT2D eigenvalue weighted by molar-refractivity contribution is -0.134. The third kappa shape index (κ3) is 2.35. The van der Waals surface area contributed by atoms with Crippen molar-refractivity contribution in [2.24, 2.45) is 5.41 Å². The molecule has 20 heavy (non-hydrogen) atoms. The van der Waals surface area contributed by atoms with Crippen molar-refractivity contribution in [2.75, 3.05) is 12.4 Å². The van der Waals surface area contributed by atoms with E-state index in [1.807, 2.05) is 12.1 Å². The number of nitrogens with one attached hydrogen (secondary N) is 2. The monoisotopic (exact) mass is 274 g/mol. The molecule has 1 aromatic rings. The van der Waals surface area contributed by atoms with Crippen LogP contribution in [0.5, 0.6) is 5.75 Å². The topological polar surface area (TPSA) is 67.4 Å². The van der Waals surface area contributed by atoms with Gasteiger partial charge in [-0.25, -0.2) is 0 Å². The van der Waals surface area contributed by atoms with E-state index in [2.05, 4.69) is 10.6 Å². The van der Waals surface area contributed by atoms with E-state index in [0.717, 1.165) is 12.8 Å². The molecule has 2 saturated carbocycles. The van der Waals surface area contributed by atoms with Crippen LogP contribution < -0.4 is 15.4 Å². The summed E-state index contributed by atoms with van der Waals surface area (Å²) in [7, 11) is 1.55. The lowest BCUT2D eigenvalue weighted by atomic mass is 10.0. The fourth-order valence-corrected chi connectivity index (χ4v) is 2.22. The van der Waals surface area contributed by atoms with E-state index >= 15 is 0 Å². The summed E-state index contributed by atoms with van der Waals surface area (Å²) in [5.74, 6) is 0.229. The summed E-state index contributed by atoms with van der Waals surface area (Å²) < 4.78 is 5.20. The Morgan fingerprint density at radius 3 is 2.50 bits per heavy atom. The van der Waals surface area contributed by atoms with Gasteiger partial charge in [-0.2, -0.15) is 0 Å². The van der Waals surface area contributed by atoms with Gasteiger partial charge in [0.25, 0.3) is 0 Å². The van der Waals surface area contributed by atoms with Gasteiger partial charge < -0.3 is 15.4 Å². The van der Waals surface area contributed by atoms with E-state index in [1.54, 1.807) is 19.2 Å². The van der Waals surface area contributed by atoms with E-state index in [-0.39, 0.29) is 17.9 Å². The largest absolute Gasteiger partial charge is 0.495 e. The van der Waals surface area contributed by atoms with Gasteiger partial charge in [-0.1, -0.05) is 12.1 Å². The van der Waals surface area contributed by atoms with E-state index in [0.29, 0.717) is 24.3 Å². The van der Waals surface area contributed by atoms with E-state index in [1.165, 1.54) is 0 Å². The van der Waals surface area contributed by atoms with Crippen molar-refractivity contribution in [2.45, 2.75) is 31.7 Å². The van der Waals surface area contributed by atoms with Gasteiger partial charge in [0, 0.05) is 6.04 Å². The molecule has 2 aliphatic carbocycles. The zero-order chi connectivity index (χ0) is 14.2. The maximum atomic E-state index is 12.4. The molecule has 5 nitrogen and oxygen atoms in total. The van der Waals surface area contributed by atoms with E-state index in [9.17, 15) is 9.59 Å². The van der Waals surface area contributed by atoms with Crippen LogP contribution in [-0.2, 0) is 9.59 Å². The Balaban J connectivity index is 1.70. The summed E-state index contributed by atoms with van der Waals surface area (Å²) >= 11 is 0. The second kappa shape index (κ2) is 4.81. The number of para-hydroxylation sites is 2. The standard InChI is InChI=1S/C15H18N2O3/c1-20-12-5-3-2-4-11(12)17-14(19)15(8-9-15)13(18)16-10-6-7-10/h2-5,10H,6-9H2,1H3,(H,16,18)(H,17,19). The lowest BCUT2D eigenvalue weighted by Crippen LogP contribution is -2.40. The average molecular weight is 274 g/mol. The number of carbonyl (C=O) groups excluding carboxylic acids is 2. The Morgan fingerprint density at radius 1 is 1.20 bits per heavy atom. The van der Waals surface area contributed by atoms with Crippen molar-refractivity contribution in [3.05, 3.63) is 24.3 Å². The molecule has 1 aromatic carbocycles. The molecule has 0 saturated heterocycles. The summed E-state index contributed by atoms with van der Waals surface area (Å²) in [5.41, 5.74) is -0.269. The van der Waals surface area contributed by atoms with Gasteiger partial charge in [0.2, 0.25) is 11.8 Å². The number of amides is 2. The Morgan fingerprint density at radius 2 is 1.90 bits per heavy atom.